The highest BCUT2D eigenvalue weighted by molar-refractivity contribution is 7.07. The van der Waals surface area contributed by atoms with Crippen LogP contribution in [0.1, 0.15) is 29.7 Å². The molecule has 1 amide bonds. The summed E-state index contributed by atoms with van der Waals surface area (Å²) in [5.41, 5.74) is 3.18. The number of nitrogens with one attached hydrogen (secondary N) is 1. The molecule has 5 rings (SSSR count). The van der Waals surface area contributed by atoms with Crippen molar-refractivity contribution < 1.29 is 23.0 Å². The maximum atomic E-state index is 13.9. The number of para-hydroxylation sites is 1. The first-order chi connectivity index (χ1) is 19.7. The van der Waals surface area contributed by atoms with Crippen LogP contribution in [0, 0.1) is 6.92 Å². The van der Waals surface area contributed by atoms with Gasteiger partial charge in [-0.1, -0.05) is 59.3 Å². The zero-order chi connectivity index (χ0) is 29.3. The molecular formula is C30H24ClF2N3O4S. The fourth-order valence-electron chi connectivity index (χ4n) is 4.59. The Balaban J connectivity index is 1.63. The van der Waals surface area contributed by atoms with Crippen LogP contribution in [-0.2, 0) is 4.79 Å². The number of hydrogen-bond donors (Lipinski definition) is 1. The number of nitrogens with zero attached hydrogens (tertiary/aromatic N) is 2. The molecule has 0 saturated carbocycles. The number of rotatable bonds is 7. The highest BCUT2D eigenvalue weighted by Crippen LogP contribution is 2.32. The minimum absolute atomic E-state index is 0.0943. The van der Waals surface area contributed by atoms with Crippen molar-refractivity contribution in [3.63, 3.8) is 0 Å². The number of aromatic nitrogens is 1. The Bertz CT molecular complexity index is 1850. The van der Waals surface area contributed by atoms with E-state index in [4.69, 9.17) is 16.3 Å². The van der Waals surface area contributed by atoms with E-state index in [9.17, 15) is 18.4 Å². The lowest BCUT2D eigenvalue weighted by Crippen LogP contribution is -2.40. The molecule has 7 nitrogen and oxygen atoms in total. The molecule has 0 unspecified atom stereocenters. The van der Waals surface area contributed by atoms with Crippen LogP contribution in [0.5, 0.6) is 11.5 Å². The average Bonchev–Trinajstić information content (AvgIpc) is 3.24. The topological polar surface area (TPSA) is 81.9 Å². The first-order valence-electron chi connectivity index (χ1n) is 12.4. The molecule has 210 valence electrons. The van der Waals surface area contributed by atoms with Gasteiger partial charge in [0.25, 0.3) is 11.5 Å². The number of allylic oxidation sites excluding steroid dienone is 1. The van der Waals surface area contributed by atoms with Gasteiger partial charge in [-0.05, 0) is 66.9 Å². The lowest BCUT2D eigenvalue weighted by molar-refractivity contribution is -0.113. The summed E-state index contributed by atoms with van der Waals surface area (Å²) in [6.45, 7) is 0.620. The first kappa shape index (κ1) is 28.3. The van der Waals surface area contributed by atoms with Crippen molar-refractivity contribution in [3.05, 3.63) is 119 Å². The summed E-state index contributed by atoms with van der Waals surface area (Å²) in [6, 6.07) is 18.0. The smallest absolute Gasteiger partial charge is 0.387 e. The summed E-state index contributed by atoms with van der Waals surface area (Å²) in [5.74, 6) is -0.408. The number of aryl methyl sites for hydroxylation is 1. The molecule has 0 radical (unpaired) electrons. The van der Waals surface area contributed by atoms with Crippen LogP contribution in [0.15, 0.2) is 87.8 Å². The molecule has 1 aliphatic heterocycles. The van der Waals surface area contributed by atoms with E-state index in [1.807, 2.05) is 31.2 Å². The average molecular weight is 596 g/mol. The SMILES string of the molecule is COc1cc(/C=c2/sc3n(c2=O)[C@@H](c2ccc(Cl)cc2)C(C(=O)Nc2ccccc2C)=C(C)N=3)ccc1OC(F)F. The van der Waals surface area contributed by atoms with Gasteiger partial charge in [-0.3, -0.25) is 14.2 Å². The van der Waals surface area contributed by atoms with E-state index in [-0.39, 0.29) is 23.0 Å². The summed E-state index contributed by atoms with van der Waals surface area (Å²) in [7, 11) is 1.34. The van der Waals surface area contributed by atoms with Crippen LogP contribution >= 0.6 is 22.9 Å². The Morgan fingerprint density at radius 2 is 1.83 bits per heavy atom. The second-order valence-corrected chi connectivity index (χ2v) is 10.6. The van der Waals surface area contributed by atoms with Crippen molar-refractivity contribution in [3.8, 4) is 11.5 Å². The van der Waals surface area contributed by atoms with Crippen molar-refractivity contribution in [1.29, 1.82) is 0 Å². The predicted octanol–water partition coefficient (Wildman–Crippen LogP) is 5.45. The van der Waals surface area contributed by atoms with Gasteiger partial charge < -0.3 is 14.8 Å². The molecule has 1 aromatic heterocycles. The molecule has 1 aliphatic rings. The second-order valence-electron chi connectivity index (χ2n) is 9.19. The molecule has 4 aromatic rings. The molecular weight excluding hydrogens is 572 g/mol. The number of halogens is 3. The Morgan fingerprint density at radius 3 is 2.51 bits per heavy atom. The van der Waals surface area contributed by atoms with Gasteiger partial charge in [0.2, 0.25) is 0 Å². The van der Waals surface area contributed by atoms with Crippen molar-refractivity contribution in [2.75, 3.05) is 12.4 Å². The highest BCUT2D eigenvalue weighted by atomic mass is 35.5. The van der Waals surface area contributed by atoms with E-state index >= 15 is 0 Å². The summed E-state index contributed by atoms with van der Waals surface area (Å²) < 4.78 is 37.0. The molecule has 0 bridgehead atoms. The van der Waals surface area contributed by atoms with Gasteiger partial charge >= 0.3 is 6.61 Å². The summed E-state index contributed by atoms with van der Waals surface area (Å²) in [4.78, 5) is 32.6. The molecule has 0 aliphatic carbocycles. The number of thiazole rings is 1. The van der Waals surface area contributed by atoms with E-state index < -0.39 is 12.7 Å². The molecule has 1 atom stereocenters. The van der Waals surface area contributed by atoms with Gasteiger partial charge in [0.1, 0.15) is 0 Å². The largest absolute Gasteiger partial charge is 0.493 e. The van der Waals surface area contributed by atoms with Crippen LogP contribution < -0.4 is 29.7 Å². The minimum atomic E-state index is -3.01. The van der Waals surface area contributed by atoms with E-state index in [0.717, 1.165) is 16.9 Å². The van der Waals surface area contributed by atoms with Gasteiger partial charge in [0, 0.05) is 10.7 Å². The molecule has 1 N–H and O–H groups in total. The van der Waals surface area contributed by atoms with E-state index in [1.54, 1.807) is 43.3 Å². The van der Waals surface area contributed by atoms with Crippen LogP contribution in [0.4, 0.5) is 14.5 Å². The zero-order valence-corrected chi connectivity index (χ0v) is 23.7. The van der Waals surface area contributed by atoms with Gasteiger partial charge in [-0.25, -0.2) is 4.99 Å². The number of ether oxygens (including phenoxy) is 2. The maximum absolute atomic E-state index is 13.9. The third kappa shape index (κ3) is 5.79. The Morgan fingerprint density at radius 1 is 1.10 bits per heavy atom. The van der Waals surface area contributed by atoms with Gasteiger partial charge in [0.05, 0.1) is 29.0 Å². The summed E-state index contributed by atoms with van der Waals surface area (Å²) >= 11 is 7.31. The lowest BCUT2D eigenvalue weighted by Gasteiger charge is -2.25. The van der Waals surface area contributed by atoms with Crippen LogP contribution in [0.2, 0.25) is 5.02 Å². The third-order valence-electron chi connectivity index (χ3n) is 6.55. The number of amides is 1. The number of anilines is 1. The number of alkyl halides is 2. The van der Waals surface area contributed by atoms with E-state index in [2.05, 4.69) is 15.0 Å². The summed E-state index contributed by atoms with van der Waals surface area (Å²) in [5, 5.41) is 3.48. The quantitative estimate of drug-likeness (QED) is 0.308. The van der Waals surface area contributed by atoms with Crippen molar-refractivity contribution >= 4 is 40.6 Å². The third-order valence-corrected chi connectivity index (χ3v) is 7.78. The van der Waals surface area contributed by atoms with Crippen molar-refractivity contribution in [2.45, 2.75) is 26.5 Å². The number of hydrogen-bond acceptors (Lipinski definition) is 6. The number of fused-ring (bicyclic) bond motifs is 1. The molecule has 0 saturated heterocycles. The standard InChI is InChI=1S/C30H24ClF2N3O4S/c1-16-6-4-5-7-21(16)35-27(37)25-17(2)34-30-36(26(25)19-9-11-20(31)12-10-19)28(38)24(41-30)15-18-8-13-22(40-29(32)33)23(14-18)39-3/h4-15,26,29H,1-3H3,(H,35,37)/b24-15+/t26-/m0/s1. The van der Waals surface area contributed by atoms with E-state index in [0.29, 0.717) is 42.4 Å². The minimum Gasteiger partial charge on any atom is -0.493 e. The van der Waals surface area contributed by atoms with Crippen LogP contribution in [0.25, 0.3) is 6.08 Å². The number of benzene rings is 3. The van der Waals surface area contributed by atoms with Crippen LogP contribution in [-0.4, -0.2) is 24.2 Å². The Hall–Kier alpha value is -4.28. The van der Waals surface area contributed by atoms with E-state index in [1.165, 1.54) is 23.8 Å². The number of carbonyl (C=O) groups excluding carboxylic acids is 1. The highest BCUT2D eigenvalue weighted by Gasteiger charge is 2.32. The first-order valence-corrected chi connectivity index (χ1v) is 13.6. The zero-order valence-electron chi connectivity index (χ0n) is 22.2. The molecule has 41 heavy (non-hydrogen) atoms. The maximum Gasteiger partial charge on any atom is 0.387 e. The molecule has 2 heterocycles. The van der Waals surface area contributed by atoms with Crippen LogP contribution in [0.3, 0.4) is 0 Å². The molecule has 11 heteroatoms. The Labute approximate surface area is 242 Å². The summed E-state index contributed by atoms with van der Waals surface area (Å²) in [6.07, 6.45) is 1.61. The lowest BCUT2D eigenvalue weighted by atomic mass is 9.95. The molecule has 0 spiro atoms. The van der Waals surface area contributed by atoms with Gasteiger partial charge in [-0.15, -0.1) is 0 Å². The molecule has 0 fully saturated rings. The van der Waals surface area contributed by atoms with Crippen molar-refractivity contribution in [1.82, 2.24) is 4.57 Å². The van der Waals surface area contributed by atoms with Crippen molar-refractivity contribution in [2.24, 2.45) is 4.99 Å². The number of carbonyl (C=O) groups is 1. The second kappa shape index (κ2) is 11.7. The normalized spacial score (nSPS) is 15.0. The predicted molar refractivity (Wildman–Crippen MR) is 155 cm³/mol. The Kier molecular flexibility index (Phi) is 8.05. The number of methoxy groups -OCH3 is 1. The van der Waals surface area contributed by atoms with Gasteiger partial charge in [-0.2, -0.15) is 8.78 Å². The monoisotopic (exact) mass is 595 g/mol. The van der Waals surface area contributed by atoms with Gasteiger partial charge in [0.15, 0.2) is 16.3 Å². The molecule has 3 aromatic carbocycles. The fourth-order valence-corrected chi connectivity index (χ4v) is 5.77. The fraction of sp³-hybridized carbons (Fsp3) is 0.167.